The average molecular weight is 281 g/mol. The van der Waals surface area contributed by atoms with Crippen molar-refractivity contribution in [1.29, 1.82) is 0 Å². The third kappa shape index (κ3) is 2.95. The fourth-order valence-electron chi connectivity index (χ4n) is 1.49. The molecule has 0 saturated heterocycles. The Morgan fingerprint density at radius 2 is 1.95 bits per heavy atom. The van der Waals surface area contributed by atoms with Crippen molar-refractivity contribution < 1.29 is 13.9 Å². The van der Waals surface area contributed by atoms with Crippen LogP contribution in [0.5, 0.6) is 11.5 Å². The van der Waals surface area contributed by atoms with E-state index < -0.39 is 11.7 Å². The summed E-state index contributed by atoms with van der Waals surface area (Å²) < 4.78 is 18.7. The van der Waals surface area contributed by atoms with Crippen molar-refractivity contribution in [1.82, 2.24) is 0 Å². The second kappa shape index (κ2) is 5.16. The number of ether oxygens (including phenoxy) is 1. The molecule has 0 saturated carbocycles. The van der Waals surface area contributed by atoms with Gasteiger partial charge in [0.15, 0.2) is 0 Å². The molecule has 0 bridgehead atoms. The number of rotatable bonds is 3. The van der Waals surface area contributed by atoms with Gasteiger partial charge < -0.3 is 16.2 Å². The zero-order valence-corrected chi connectivity index (χ0v) is 10.4. The Morgan fingerprint density at radius 1 is 1.21 bits per heavy atom. The van der Waals surface area contributed by atoms with Crippen LogP contribution in [0.3, 0.4) is 0 Å². The highest BCUT2D eigenvalue weighted by molar-refractivity contribution is 6.30. The van der Waals surface area contributed by atoms with Crippen LogP contribution >= 0.6 is 11.6 Å². The molecule has 98 valence electrons. The molecule has 2 rings (SSSR count). The van der Waals surface area contributed by atoms with Gasteiger partial charge in [0, 0.05) is 17.8 Å². The molecule has 0 aliphatic heterocycles. The zero-order chi connectivity index (χ0) is 14.0. The van der Waals surface area contributed by atoms with E-state index in [2.05, 4.69) is 0 Å². The second-order valence-electron chi connectivity index (χ2n) is 3.80. The molecule has 2 aromatic carbocycles. The number of halogens is 2. The summed E-state index contributed by atoms with van der Waals surface area (Å²) in [4.78, 5) is 11.3. The monoisotopic (exact) mass is 280 g/mol. The van der Waals surface area contributed by atoms with E-state index in [9.17, 15) is 9.18 Å². The minimum Gasteiger partial charge on any atom is -0.456 e. The van der Waals surface area contributed by atoms with Crippen molar-refractivity contribution in [2.45, 2.75) is 0 Å². The topological polar surface area (TPSA) is 78.3 Å². The number of amides is 1. The summed E-state index contributed by atoms with van der Waals surface area (Å²) >= 11 is 5.57. The predicted molar refractivity (Wildman–Crippen MR) is 70.9 cm³/mol. The van der Waals surface area contributed by atoms with Gasteiger partial charge in [-0.15, -0.1) is 0 Å². The molecular formula is C13H10ClFN2O2. The lowest BCUT2D eigenvalue weighted by Gasteiger charge is -2.10. The molecule has 0 aliphatic rings. The average Bonchev–Trinajstić information content (AvgIpc) is 2.33. The van der Waals surface area contributed by atoms with E-state index in [4.69, 9.17) is 27.8 Å². The number of hydrogen-bond donors (Lipinski definition) is 2. The number of hydrogen-bond acceptors (Lipinski definition) is 3. The molecule has 0 fully saturated rings. The van der Waals surface area contributed by atoms with Gasteiger partial charge in [-0.2, -0.15) is 0 Å². The Hall–Kier alpha value is -2.27. The first kappa shape index (κ1) is 13.2. The van der Waals surface area contributed by atoms with Crippen LogP contribution in [0.1, 0.15) is 10.4 Å². The molecule has 0 unspecified atom stereocenters. The van der Waals surface area contributed by atoms with Crippen molar-refractivity contribution in [2.75, 3.05) is 5.73 Å². The Labute approximate surface area is 113 Å². The molecule has 19 heavy (non-hydrogen) atoms. The van der Waals surface area contributed by atoms with Crippen LogP contribution in [0, 0.1) is 5.82 Å². The largest absolute Gasteiger partial charge is 0.456 e. The van der Waals surface area contributed by atoms with E-state index in [1.807, 2.05) is 0 Å². The molecule has 4 N–H and O–H groups in total. The Morgan fingerprint density at radius 3 is 2.58 bits per heavy atom. The van der Waals surface area contributed by atoms with Crippen LogP contribution in [-0.4, -0.2) is 5.91 Å². The standard InChI is InChI=1S/C13H10ClFN2O2/c14-10-4-2-8(6-11(10)15)19-12-5-7(16)1-3-9(12)13(17)18/h1-6H,16H2,(H2,17,18). The molecule has 2 aromatic rings. The first-order valence-electron chi connectivity index (χ1n) is 5.29. The highest BCUT2D eigenvalue weighted by Crippen LogP contribution is 2.29. The lowest BCUT2D eigenvalue weighted by Crippen LogP contribution is -2.12. The van der Waals surface area contributed by atoms with Crippen LogP contribution in [0.25, 0.3) is 0 Å². The van der Waals surface area contributed by atoms with Crippen molar-refractivity contribution in [3.8, 4) is 11.5 Å². The lowest BCUT2D eigenvalue weighted by molar-refractivity contribution is 0.0998. The molecule has 0 aromatic heterocycles. The van der Waals surface area contributed by atoms with Gasteiger partial charge in [0.2, 0.25) is 0 Å². The first-order chi connectivity index (χ1) is 8.97. The van der Waals surface area contributed by atoms with Gasteiger partial charge in [0.25, 0.3) is 5.91 Å². The summed E-state index contributed by atoms with van der Waals surface area (Å²) in [6.45, 7) is 0. The third-order valence-corrected chi connectivity index (χ3v) is 2.70. The van der Waals surface area contributed by atoms with Gasteiger partial charge in [0.05, 0.1) is 10.6 Å². The summed E-state index contributed by atoms with van der Waals surface area (Å²) in [6, 6.07) is 8.33. The molecule has 6 heteroatoms. The van der Waals surface area contributed by atoms with Crippen LogP contribution in [0.4, 0.5) is 10.1 Å². The van der Waals surface area contributed by atoms with Gasteiger partial charge in [-0.05, 0) is 24.3 Å². The fourth-order valence-corrected chi connectivity index (χ4v) is 1.61. The minimum atomic E-state index is -0.663. The van der Waals surface area contributed by atoms with Gasteiger partial charge in [-0.25, -0.2) is 4.39 Å². The van der Waals surface area contributed by atoms with E-state index >= 15 is 0 Å². The molecular weight excluding hydrogens is 271 g/mol. The van der Waals surface area contributed by atoms with Gasteiger partial charge in [0.1, 0.15) is 17.3 Å². The lowest BCUT2D eigenvalue weighted by atomic mass is 10.1. The van der Waals surface area contributed by atoms with Gasteiger partial charge in [-0.3, -0.25) is 4.79 Å². The quantitative estimate of drug-likeness (QED) is 0.849. The maximum Gasteiger partial charge on any atom is 0.252 e. The fraction of sp³-hybridized carbons (Fsp3) is 0. The SMILES string of the molecule is NC(=O)c1ccc(N)cc1Oc1ccc(Cl)c(F)c1. The second-order valence-corrected chi connectivity index (χ2v) is 4.21. The molecule has 0 atom stereocenters. The molecule has 0 aliphatic carbocycles. The zero-order valence-electron chi connectivity index (χ0n) is 9.69. The first-order valence-corrected chi connectivity index (χ1v) is 5.67. The number of nitrogens with two attached hydrogens (primary N) is 2. The summed E-state index contributed by atoms with van der Waals surface area (Å²) in [5.41, 5.74) is 11.4. The van der Waals surface area contributed by atoms with Crippen LogP contribution < -0.4 is 16.2 Å². The van der Waals surface area contributed by atoms with Crippen molar-refractivity contribution in [3.05, 3.63) is 52.8 Å². The number of nitrogen functional groups attached to an aromatic ring is 1. The Balaban J connectivity index is 2.39. The van der Waals surface area contributed by atoms with E-state index in [1.54, 1.807) is 0 Å². The third-order valence-electron chi connectivity index (χ3n) is 2.39. The van der Waals surface area contributed by atoms with E-state index in [-0.39, 0.29) is 22.1 Å². The summed E-state index contributed by atoms with van der Waals surface area (Å²) in [7, 11) is 0. The van der Waals surface area contributed by atoms with E-state index in [0.29, 0.717) is 5.69 Å². The number of primary amides is 1. The molecule has 0 spiro atoms. The van der Waals surface area contributed by atoms with E-state index in [1.165, 1.54) is 30.3 Å². The van der Waals surface area contributed by atoms with Crippen LogP contribution in [0.2, 0.25) is 5.02 Å². The predicted octanol–water partition coefficient (Wildman–Crippen LogP) is 2.95. The maximum atomic E-state index is 13.3. The molecule has 0 heterocycles. The van der Waals surface area contributed by atoms with Crippen molar-refractivity contribution >= 4 is 23.2 Å². The van der Waals surface area contributed by atoms with Gasteiger partial charge >= 0.3 is 0 Å². The molecule has 1 amide bonds. The van der Waals surface area contributed by atoms with Crippen molar-refractivity contribution in [3.63, 3.8) is 0 Å². The highest BCUT2D eigenvalue weighted by Gasteiger charge is 2.11. The number of carbonyl (C=O) groups excluding carboxylic acids is 1. The summed E-state index contributed by atoms with van der Waals surface area (Å²) in [5.74, 6) is -0.933. The Kier molecular flexibility index (Phi) is 3.57. The number of benzene rings is 2. The highest BCUT2D eigenvalue weighted by atomic mass is 35.5. The smallest absolute Gasteiger partial charge is 0.252 e. The molecule has 4 nitrogen and oxygen atoms in total. The number of anilines is 1. The summed E-state index contributed by atoms with van der Waals surface area (Å²) in [5, 5.41) is -0.0185. The van der Waals surface area contributed by atoms with Crippen molar-refractivity contribution in [2.24, 2.45) is 5.73 Å². The Bertz CT molecular complexity index is 647. The van der Waals surface area contributed by atoms with E-state index in [0.717, 1.165) is 6.07 Å². The number of carbonyl (C=O) groups is 1. The molecule has 0 radical (unpaired) electrons. The summed E-state index contributed by atoms with van der Waals surface area (Å²) in [6.07, 6.45) is 0. The maximum absolute atomic E-state index is 13.3. The minimum absolute atomic E-state index is 0.0185. The van der Waals surface area contributed by atoms with Crippen LogP contribution in [0.15, 0.2) is 36.4 Å². The van der Waals surface area contributed by atoms with Crippen LogP contribution in [-0.2, 0) is 0 Å². The van der Waals surface area contributed by atoms with Gasteiger partial charge in [-0.1, -0.05) is 11.6 Å². The normalized spacial score (nSPS) is 10.2.